The molecule has 14 heteroatoms. The second kappa shape index (κ2) is 16.4. The van der Waals surface area contributed by atoms with Crippen LogP contribution in [0.25, 0.3) is 0 Å². The number of halogens is 1. The molecule has 0 radical (unpaired) electrons. The average molecular weight is 720 g/mol. The number of nitrogens with zero attached hydrogens (tertiary/aromatic N) is 2. The van der Waals surface area contributed by atoms with Crippen molar-refractivity contribution in [3.8, 4) is 5.75 Å². The largest absolute Gasteiger partial charge is 0.490 e. The van der Waals surface area contributed by atoms with Crippen LogP contribution in [0.2, 0.25) is 0 Å². The van der Waals surface area contributed by atoms with Crippen LogP contribution >= 0.6 is 0 Å². The predicted molar refractivity (Wildman–Crippen MR) is 185 cm³/mol. The smallest absolute Gasteiger partial charge is 0.261 e. The molecule has 0 saturated carbocycles. The Kier molecular flexibility index (Phi) is 12.8. The Balaban J connectivity index is 1.67. The van der Waals surface area contributed by atoms with E-state index in [0.717, 1.165) is 36.2 Å². The Morgan fingerprint density at radius 1 is 1.00 bits per heavy atom. The number of nitrogens with one attached hydrogen (secondary N) is 1. The average Bonchev–Trinajstić information content (AvgIpc) is 3.06. The Bertz CT molecular complexity index is 1790. The van der Waals surface area contributed by atoms with Crippen molar-refractivity contribution in [3.63, 3.8) is 0 Å². The molecule has 3 aromatic carbocycles. The van der Waals surface area contributed by atoms with Gasteiger partial charge in [-0.15, -0.1) is 0 Å². The summed E-state index contributed by atoms with van der Waals surface area (Å²) in [6.45, 7) is 7.41. The summed E-state index contributed by atoms with van der Waals surface area (Å²) in [5, 5.41) is 10.2. The molecule has 1 aliphatic heterocycles. The number of amides is 1. The standard InChI is InChI=1S/C35H46FN3O8S2/c1-24-9-14-31(15-10-24)49(44,45)38(5)22-34-25(2)21-39(26(3)23-40)35(41)32-20-29(37-48(42,43)30-16-11-28(36)12-17-30)13-18-33(32)47-27(4)8-6-7-19-46-34/h9-18,20,25-27,34,37,40H,6-8,19,21-23H2,1-5H3/t25-,26+,27-,34+/m1/s1. The van der Waals surface area contributed by atoms with Crippen LogP contribution in [0, 0.1) is 18.7 Å². The number of likely N-dealkylation sites (N-methyl/N-ethyl adjacent to an activating group) is 1. The third-order valence-electron chi connectivity index (χ3n) is 8.59. The van der Waals surface area contributed by atoms with Crippen LogP contribution in [0.15, 0.2) is 76.5 Å². The molecule has 0 unspecified atom stereocenters. The van der Waals surface area contributed by atoms with Gasteiger partial charge in [0.1, 0.15) is 11.6 Å². The van der Waals surface area contributed by atoms with E-state index in [0.29, 0.717) is 19.4 Å². The first-order valence-corrected chi connectivity index (χ1v) is 19.2. The number of carbonyl (C=O) groups is 1. The monoisotopic (exact) mass is 719 g/mol. The minimum atomic E-state index is -4.12. The van der Waals surface area contributed by atoms with E-state index in [1.807, 2.05) is 20.8 Å². The van der Waals surface area contributed by atoms with Gasteiger partial charge in [0, 0.05) is 38.3 Å². The third-order valence-corrected chi connectivity index (χ3v) is 11.8. The van der Waals surface area contributed by atoms with Crippen LogP contribution < -0.4 is 9.46 Å². The summed E-state index contributed by atoms with van der Waals surface area (Å²) in [6, 6.07) is 14.7. The molecule has 1 aliphatic rings. The lowest BCUT2D eigenvalue weighted by atomic mass is 10.0. The van der Waals surface area contributed by atoms with Gasteiger partial charge in [-0.25, -0.2) is 21.2 Å². The van der Waals surface area contributed by atoms with Crippen LogP contribution in [0.4, 0.5) is 10.1 Å². The quantitative estimate of drug-likeness (QED) is 0.313. The summed E-state index contributed by atoms with van der Waals surface area (Å²) in [7, 11) is -6.46. The van der Waals surface area contributed by atoms with Crippen molar-refractivity contribution in [2.24, 2.45) is 5.92 Å². The molecule has 4 rings (SSSR count). The van der Waals surface area contributed by atoms with Crippen molar-refractivity contribution in [2.45, 2.75) is 75.0 Å². The molecule has 0 saturated heterocycles. The highest BCUT2D eigenvalue weighted by Crippen LogP contribution is 2.30. The van der Waals surface area contributed by atoms with E-state index in [9.17, 15) is 31.1 Å². The zero-order chi connectivity index (χ0) is 35.9. The molecule has 0 aliphatic carbocycles. The minimum Gasteiger partial charge on any atom is -0.490 e. The number of aliphatic hydroxyl groups is 1. The van der Waals surface area contributed by atoms with Gasteiger partial charge in [0.25, 0.3) is 15.9 Å². The van der Waals surface area contributed by atoms with Crippen LogP contribution in [-0.4, -0.2) is 88.7 Å². The van der Waals surface area contributed by atoms with E-state index in [4.69, 9.17) is 9.47 Å². The molecular weight excluding hydrogens is 674 g/mol. The van der Waals surface area contributed by atoms with E-state index >= 15 is 0 Å². The first-order valence-electron chi connectivity index (χ1n) is 16.3. The molecule has 2 N–H and O–H groups in total. The molecule has 0 bridgehead atoms. The van der Waals surface area contributed by atoms with E-state index in [1.165, 1.54) is 34.5 Å². The van der Waals surface area contributed by atoms with Gasteiger partial charge < -0.3 is 19.5 Å². The summed E-state index contributed by atoms with van der Waals surface area (Å²) in [4.78, 5) is 15.8. The Hall–Kier alpha value is -3.56. The molecule has 0 aromatic heterocycles. The molecule has 268 valence electrons. The number of benzene rings is 3. The zero-order valence-electron chi connectivity index (χ0n) is 28.5. The maximum atomic E-state index is 14.4. The van der Waals surface area contributed by atoms with Crippen molar-refractivity contribution in [1.82, 2.24) is 9.21 Å². The topological polar surface area (TPSA) is 143 Å². The molecule has 11 nitrogen and oxygen atoms in total. The Labute approximate surface area is 289 Å². The number of fused-ring (bicyclic) bond motifs is 1. The first kappa shape index (κ1) is 38.2. The number of hydrogen-bond donors (Lipinski definition) is 2. The van der Waals surface area contributed by atoms with Crippen molar-refractivity contribution in [3.05, 3.63) is 83.7 Å². The summed E-state index contributed by atoms with van der Waals surface area (Å²) in [5.74, 6) is -1.24. The van der Waals surface area contributed by atoms with Crippen LogP contribution in [0.5, 0.6) is 5.75 Å². The molecular formula is C35H46FN3O8S2. The van der Waals surface area contributed by atoms with Crippen molar-refractivity contribution < 1.29 is 40.6 Å². The van der Waals surface area contributed by atoms with E-state index in [-0.39, 0.29) is 58.5 Å². The molecule has 1 amide bonds. The van der Waals surface area contributed by atoms with Gasteiger partial charge in [0.05, 0.1) is 40.2 Å². The lowest BCUT2D eigenvalue weighted by Crippen LogP contribution is -2.48. The SMILES string of the molecule is Cc1ccc(S(=O)(=O)N(C)C[C@@H]2OCCCC[C@@H](C)Oc3ccc(NS(=O)(=O)c4ccc(F)cc4)cc3C(=O)N([C@@H](C)CO)C[C@H]2C)cc1. The van der Waals surface area contributed by atoms with Crippen molar-refractivity contribution >= 4 is 31.6 Å². The fourth-order valence-electron chi connectivity index (χ4n) is 5.52. The number of rotatable bonds is 9. The van der Waals surface area contributed by atoms with E-state index in [1.54, 1.807) is 31.2 Å². The van der Waals surface area contributed by atoms with Crippen LogP contribution in [0.1, 0.15) is 56.0 Å². The summed E-state index contributed by atoms with van der Waals surface area (Å²) < 4.78 is 82.8. The predicted octanol–water partition coefficient (Wildman–Crippen LogP) is 5.05. The highest BCUT2D eigenvalue weighted by molar-refractivity contribution is 7.92. The zero-order valence-corrected chi connectivity index (χ0v) is 30.1. The number of ether oxygens (including phenoxy) is 2. The number of hydrogen-bond acceptors (Lipinski definition) is 8. The maximum Gasteiger partial charge on any atom is 0.261 e. The highest BCUT2D eigenvalue weighted by atomic mass is 32.2. The molecule has 0 spiro atoms. The lowest BCUT2D eigenvalue weighted by molar-refractivity contribution is -0.00833. The number of sulfonamides is 2. The third kappa shape index (κ3) is 9.79. The Morgan fingerprint density at radius 3 is 2.31 bits per heavy atom. The van der Waals surface area contributed by atoms with Gasteiger partial charge in [-0.3, -0.25) is 9.52 Å². The molecule has 4 atom stereocenters. The van der Waals surface area contributed by atoms with E-state index in [2.05, 4.69) is 4.72 Å². The number of aryl methyl sites for hydroxylation is 1. The fourth-order valence-corrected chi connectivity index (χ4v) is 7.75. The summed E-state index contributed by atoms with van der Waals surface area (Å²) in [5.41, 5.74) is 1.10. The van der Waals surface area contributed by atoms with Gasteiger partial charge in [0.2, 0.25) is 10.0 Å². The second-order valence-corrected chi connectivity index (χ2v) is 16.4. The number of aliphatic hydroxyl groups excluding tert-OH is 1. The summed E-state index contributed by atoms with van der Waals surface area (Å²) in [6.07, 6.45) is 1.16. The normalized spacial score (nSPS) is 20.6. The molecule has 49 heavy (non-hydrogen) atoms. The highest BCUT2D eigenvalue weighted by Gasteiger charge is 2.32. The van der Waals surface area contributed by atoms with Gasteiger partial charge in [0.15, 0.2) is 0 Å². The minimum absolute atomic E-state index is 0.0261. The van der Waals surface area contributed by atoms with Gasteiger partial charge >= 0.3 is 0 Å². The second-order valence-electron chi connectivity index (χ2n) is 12.7. The fraction of sp³-hybridized carbons (Fsp3) is 0.457. The number of carbonyl (C=O) groups excluding carboxylic acids is 1. The van der Waals surface area contributed by atoms with Gasteiger partial charge in [-0.05, 0) is 94.6 Å². The first-order chi connectivity index (χ1) is 23.1. The molecule has 0 fully saturated rings. The molecule has 1 heterocycles. The molecule has 3 aromatic rings. The lowest BCUT2D eigenvalue weighted by Gasteiger charge is -2.35. The van der Waals surface area contributed by atoms with Gasteiger partial charge in [-0.2, -0.15) is 4.31 Å². The van der Waals surface area contributed by atoms with Crippen LogP contribution in [-0.2, 0) is 24.8 Å². The van der Waals surface area contributed by atoms with Crippen LogP contribution in [0.3, 0.4) is 0 Å². The van der Waals surface area contributed by atoms with Crippen molar-refractivity contribution in [1.29, 1.82) is 0 Å². The number of anilines is 1. The van der Waals surface area contributed by atoms with Gasteiger partial charge in [-0.1, -0.05) is 24.6 Å². The maximum absolute atomic E-state index is 14.4. The summed E-state index contributed by atoms with van der Waals surface area (Å²) >= 11 is 0. The van der Waals surface area contributed by atoms with E-state index < -0.39 is 43.9 Å². The van der Waals surface area contributed by atoms with Crippen molar-refractivity contribution in [2.75, 3.05) is 38.1 Å². The Morgan fingerprint density at radius 2 is 1.65 bits per heavy atom.